The lowest BCUT2D eigenvalue weighted by atomic mass is 10.0. The quantitative estimate of drug-likeness (QED) is 0.0262. The van der Waals surface area contributed by atoms with Gasteiger partial charge in [-0.05, 0) is 83.5 Å². The maximum absolute atomic E-state index is 12.8. The Balaban J connectivity index is 4.37. The van der Waals surface area contributed by atoms with E-state index in [-0.39, 0.29) is 31.1 Å². The highest BCUT2D eigenvalue weighted by Crippen LogP contribution is 2.15. The van der Waals surface area contributed by atoms with Crippen LogP contribution in [0.1, 0.15) is 278 Å². The van der Waals surface area contributed by atoms with Crippen LogP contribution in [0.5, 0.6) is 0 Å². The molecular weight excluding hydrogens is 781 g/mol. The monoisotopic (exact) mass is 883 g/mol. The zero-order valence-corrected chi connectivity index (χ0v) is 41.8. The molecule has 0 aromatic rings. The second kappa shape index (κ2) is 52.0. The Bertz CT molecular complexity index is 1110. The van der Waals surface area contributed by atoms with Gasteiger partial charge in [-0.2, -0.15) is 0 Å². The molecule has 63 heavy (non-hydrogen) atoms. The van der Waals surface area contributed by atoms with Crippen LogP contribution in [0, 0.1) is 0 Å². The molecule has 6 heteroatoms. The van der Waals surface area contributed by atoms with Crippen molar-refractivity contribution in [2.75, 3.05) is 13.2 Å². The van der Waals surface area contributed by atoms with Crippen LogP contribution in [-0.2, 0) is 28.6 Å². The van der Waals surface area contributed by atoms with E-state index < -0.39 is 6.10 Å². The maximum Gasteiger partial charge on any atom is 0.306 e. The molecule has 0 aliphatic carbocycles. The van der Waals surface area contributed by atoms with Crippen molar-refractivity contribution in [1.82, 2.24) is 0 Å². The summed E-state index contributed by atoms with van der Waals surface area (Å²) in [6.07, 6.45) is 62.3. The Labute approximate surface area is 390 Å². The van der Waals surface area contributed by atoms with Gasteiger partial charge in [-0.15, -0.1) is 0 Å². The molecule has 0 aromatic carbocycles. The lowest BCUT2D eigenvalue weighted by Gasteiger charge is -2.18. The molecule has 0 saturated heterocycles. The zero-order chi connectivity index (χ0) is 45.8. The third-order valence-corrected chi connectivity index (χ3v) is 11.8. The number of rotatable bonds is 49. The molecular formula is C57H102O6. The normalized spacial score (nSPS) is 12.4. The molecule has 0 aromatic heterocycles. The van der Waals surface area contributed by atoms with E-state index in [2.05, 4.69) is 69.4 Å². The summed E-state index contributed by atoms with van der Waals surface area (Å²) < 4.78 is 16.8. The van der Waals surface area contributed by atoms with Crippen LogP contribution in [0.2, 0.25) is 0 Å². The highest BCUT2D eigenvalue weighted by atomic mass is 16.6. The van der Waals surface area contributed by atoms with Gasteiger partial charge < -0.3 is 14.2 Å². The van der Waals surface area contributed by atoms with Gasteiger partial charge in [0, 0.05) is 19.3 Å². The van der Waals surface area contributed by atoms with Crippen LogP contribution in [-0.4, -0.2) is 37.2 Å². The molecule has 1 unspecified atom stereocenters. The van der Waals surface area contributed by atoms with Crippen molar-refractivity contribution in [3.05, 3.63) is 48.6 Å². The summed E-state index contributed by atoms with van der Waals surface area (Å²) >= 11 is 0. The Kier molecular flexibility index (Phi) is 49.8. The molecule has 0 N–H and O–H groups in total. The van der Waals surface area contributed by atoms with Crippen LogP contribution in [0.25, 0.3) is 0 Å². The summed E-state index contributed by atoms with van der Waals surface area (Å²) in [5, 5.41) is 0. The summed E-state index contributed by atoms with van der Waals surface area (Å²) in [6.45, 7) is 6.60. The van der Waals surface area contributed by atoms with Gasteiger partial charge in [0.25, 0.3) is 0 Å². The predicted octanol–water partition coefficient (Wildman–Crippen LogP) is 17.9. The topological polar surface area (TPSA) is 78.9 Å². The van der Waals surface area contributed by atoms with Crippen LogP contribution >= 0.6 is 0 Å². The first-order chi connectivity index (χ1) is 31.0. The lowest BCUT2D eigenvalue weighted by molar-refractivity contribution is -0.167. The second-order valence-corrected chi connectivity index (χ2v) is 18.1. The SMILES string of the molecule is CCCCC/C=C\C/C=C\C/C=C\CCCCCCCCC(=O)OCC(COC(=O)CCCCCCCCCCCCCC)OC(=O)CCCCCCC/C=C\CCCCCCC. The Hall–Kier alpha value is -2.63. The summed E-state index contributed by atoms with van der Waals surface area (Å²) in [5.74, 6) is -0.891. The number of allylic oxidation sites excluding steroid dienone is 8. The van der Waals surface area contributed by atoms with Crippen LogP contribution in [0.3, 0.4) is 0 Å². The number of unbranched alkanes of at least 4 members (excludes halogenated alkanes) is 30. The van der Waals surface area contributed by atoms with Gasteiger partial charge in [0.2, 0.25) is 0 Å². The number of hydrogen-bond donors (Lipinski definition) is 0. The van der Waals surface area contributed by atoms with Crippen molar-refractivity contribution >= 4 is 17.9 Å². The van der Waals surface area contributed by atoms with E-state index >= 15 is 0 Å². The minimum atomic E-state index is -0.780. The van der Waals surface area contributed by atoms with E-state index in [0.717, 1.165) is 89.9 Å². The average molecular weight is 883 g/mol. The molecule has 0 spiro atoms. The van der Waals surface area contributed by atoms with Crippen molar-refractivity contribution in [2.24, 2.45) is 0 Å². The second-order valence-electron chi connectivity index (χ2n) is 18.1. The first-order valence-electron chi connectivity index (χ1n) is 27.1. The molecule has 0 rings (SSSR count). The zero-order valence-electron chi connectivity index (χ0n) is 41.8. The number of esters is 3. The highest BCUT2D eigenvalue weighted by Gasteiger charge is 2.19. The molecule has 0 heterocycles. The summed E-state index contributed by atoms with van der Waals surface area (Å²) in [7, 11) is 0. The first-order valence-corrected chi connectivity index (χ1v) is 27.1. The first kappa shape index (κ1) is 60.4. The van der Waals surface area contributed by atoms with Crippen molar-refractivity contribution in [1.29, 1.82) is 0 Å². The fraction of sp³-hybridized carbons (Fsp3) is 0.807. The van der Waals surface area contributed by atoms with Crippen LogP contribution in [0.4, 0.5) is 0 Å². The molecule has 0 saturated carbocycles. The van der Waals surface area contributed by atoms with Crippen molar-refractivity contribution in [3.8, 4) is 0 Å². The molecule has 0 aliphatic heterocycles. The molecule has 6 nitrogen and oxygen atoms in total. The van der Waals surface area contributed by atoms with E-state index in [1.54, 1.807) is 0 Å². The largest absolute Gasteiger partial charge is 0.462 e. The van der Waals surface area contributed by atoms with Gasteiger partial charge in [-0.3, -0.25) is 14.4 Å². The third kappa shape index (κ3) is 50.2. The van der Waals surface area contributed by atoms with Gasteiger partial charge in [-0.25, -0.2) is 0 Å². The van der Waals surface area contributed by atoms with Crippen LogP contribution in [0.15, 0.2) is 48.6 Å². The van der Waals surface area contributed by atoms with Crippen LogP contribution < -0.4 is 0 Å². The summed E-state index contributed by atoms with van der Waals surface area (Å²) in [4.78, 5) is 38.0. The van der Waals surface area contributed by atoms with Crippen molar-refractivity contribution in [2.45, 2.75) is 284 Å². The molecule has 0 fully saturated rings. The molecule has 1 atom stereocenters. The fourth-order valence-electron chi connectivity index (χ4n) is 7.68. The van der Waals surface area contributed by atoms with Gasteiger partial charge in [0.1, 0.15) is 13.2 Å². The van der Waals surface area contributed by atoms with Gasteiger partial charge in [0.15, 0.2) is 6.10 Å². The van der Waals surface area contributed by atoms with E-state index in [9.17, 15) is 14.4 Å². The fourth-order valence-corrected chi connectivity index (χ4v) is 7.68. The summed E-state index contributed by atoms with van der Waals surface area (Å²) in [5.41, 5.74) is 0. The summed E-state index contributed by atoms with van der Waals surface area (Å²) in [6, 6.07) is 0. The predicted molar refractivity (Wildman–Crippen MR) is 270 cm³/mol. The van der Waals surface area contributed by atoms with Gasteiger partial charge in [-0.1, -0.05) is 223 Å². The van der Waals surface area contributed by atoms with E-state index in [1.165, 1.54) is 148 Å². The third-order valence-electron chi connectivity index (χ3n) is 11.8. The molecule has 0 radical (unpaired) electrons. The number of carbonyl (C=O) groups excluding carboxylic acids is 3. The average Bonchev–Trinajstić information content (AvgIpc) is 3.28. The van der Waals surface area contributed by atoms with Crippen molar-refractivity contribution < 1.29 is 28.6 Å². The van der Waals surface area contributed by atoms with E-state index in [0.29, 0.717) is 19.3 Å². The van der Waals surface area contributed by atoms with Crippen molar-refractivity contribution in [3.63, 3.8) is 0 Å². The van der Waals surface area contributed by atoms with Gasteiger partial charge >= 0.3 is 17.9 Å². The standard InChI is InChI=1S/C57H102O6/c1-4-7-10-13-16-19-22-25-27-28-29-30-31-33-35-38-41-44-47-50-56(59)62-53-54(52-61-55(58)49-46-43-40-37-34-24-21-18-15-12-9-6-3)63-57(60)51-48-45-42-39-36-32-26-23-20-17-14-11-8-5-2/h16,19,23,25-27,29-30,54H,4-15,17-18,20-22,24,28,31-53H2,1-3H3/b19-16-,26-23-,27-25-,30-29-. The Morgan fingerprint density at radius 3 is 0.937 bits per heavy atom. The van der Waals surface area contributed by atoms with E-state index in [4.69, 9.17) is 14.2 Å². The Morgan fingerprint density at radius 2 is 0.571 bits per heavy atom. The minimum absolute atomic E-state index is 0.0783. The maximum atomic E-state index is 12.8. The molecule has 366 valence electrons. The number of hydrogen-bond acceptors (Lipinski definition) is 6. The van der Waals surface area contributed by atoms with E-state index in [1.807, 2.05) is 0 Å². The van der Waals surface area contributed by atoms with Gasteiger partial charge in [0.05, 0.1) is 0 Å². The lowest BCUT2D eigenvalue weighted by Crippen LogP contribution is -2.30. The Morgan fingerprint density at radius 1 is 0.317 bits per heavy atom. The molecule has 0 aliphatic rings. The number of ether oxygens (including phenoxy) is 3. The minimum Gasteiger partial charge on any atom is -0.462 e. The molecule has 0 amide bonds. The number of carbonyl (C=O) groups is 3. The smallest absolute Gasteiger partial charge is 0.306 e. The molecule has 0 bridgehead atoms. The highest BCUT2D eigenvalue weighted by molar-refractivity contribution is 5.71.